The minimum absolute atomic E-state index is 0.102. The maximum atomic E-state index is 15.2. The monoisotopic (exact) mass is 617 g/mol. The SMILES string of the molecule is CC(C)OC(=O)[C@@H](C)N[P@@](=O)(OCCSC(=O)C(C)(C)C)OC[C@H]1O[C@@H](n2ccc(=O)[nH]c2=O)[C@@](F)(Cl)[C@@H]1O. The minimum atomic E-state index is -4.35. The second kappa shape index (κ2) is 13.4. The molecule has 0 amide bonds. The van der Waals surface area contributed by atoms with Crippen LogP contribution in [-0.4, -0.2) is 74.2 Å². The fourth-order valence-electron chi connectivity index (χ4n) is 3.13. The number of H-pyrrole nitrogens is 1. The summed E-state index contributed by atoms with van der Waals surface area (Å²) in [6.45, 7) is 8.83. The van der Waals surface area contributed by atoms with Crippen molar-refractivity contribution in [2.24, 2.45) is 5.41 Å². The normalized spacial score (nSPS) is 25.8. The van der Waals surface area contributed by atoms with Gasteiger partial charge in [0.15, 0.2) is 11.3 Å². The lowest BCUT2D eigenvalue weighted by Crippen LogP contribution is -2.42. The number of esters is 1. The van der Waals surface area contributed by atoms with Gasteiger partial charge in [0.1, 0.15) is 18.2 Å². The molecule has 1 aromatic rings. The van der Waals surface area contributed by atoms with Crippen molar-refractivity contribution in [1.29, 1.82) is 0 Å². The van der Waals surface area contributed by atoms with E-state index in [1.54, 1.807) is 34.6 Å². The first-order valence-electron chi connectivity index (χ1n) is 11.9. The summed E-state index contributed by atoms with van der Waals surface area (Å²) >= 11 is 6.81. The van der Waals surface area contributed by atoms with E-state index in [0.717, 1.165) is 24.0 Å². The van der Waals surface area contributed by atoms with E-state index in [-0.39, 0.29) is 17.5 Å². The van der Waals surface area contributed by atoms with E-state index >= 15 is 4.39 Å². The Kier molecular flexibility index (Phi) is 11.5. The molecular formula is C22H34ClFN3O10PS. The van der Waals surface area contributed by atoms with E-state index in [9.17, 15) is 28.8 Å². The standard InChI is InChI=1S/C22H34ClFN3O10PS/c1-12(2)36-17(30)13(3)26-38(33,34-9-10-39-19(31)21(4,5)6)35-11-14-16(29)22(23,24)18(37-14)27-8-7-15(28)25-20(27)32/h7-8,12-14,16,18,29H,9-11H2,1-6H3,(H,26,33)(H,25,28,32)/t13-,14-,16-,18-,22-,38-/m1/s1. The molecule has 0 aromatic carbocycles. The minimum Gasteiger partial charge on any atom is -0.462 e. The summed E-state index contributed by atoms with van der Waals surface area (Å²) in [5.74, 6) is -0.654. The van der Waals surface area contributed by atoms with E-state index in [2.05, 4.69) is 5.09 Å². The van der Waals surface area contributed by atoms with Crippen molar-refractivity contribution in [3.8, 4) is 0 Å². The Bertz CT molecular complexity index is 1190. The van der Waals surface area contributed by atoms with Crippen LogP contribution in [0.25, 0.3) is 0 Å². The van der Waals surface area contributed by atoms with Crippen LogP contribution < -0.4 is 16.3 Å². The number of carbonyl (C=O) groups excluding carboxylic acids is 2. The van der Waals surface area contributed by atoms with Crippen LogP contribution >= 0.6 is 31.1 Å². The van der Waals surface area contributed by atoms with Gasteiger partial charge in [-0.2, -0.15) is 0 Å². The lowest BCUT2D eigenvalue weighted by Gasteiger charge is -2.25. The largest absolute Gasteiger partial charge is 0.462 e. The number of rotatable bonds is 12. The maximum Gasteiger partial charge on any atom is 0.406 e. The van der Waals surface area contributed by atoms with Crippen molar-refractivity contribution in [3.63, 3.8) is 0 Å². The van der Waals surface area contributed by atoms with Gasteiger partial charge >= 0.3 is 19.4 Å². The lowest BCUT2D eigenvalue weighted by molar-refractivity contribution is -0.149. The first kappa shape index (κ1) is 33.6. The average molecular weight is 618 g/mol. The lowest BCUT2D eigenvalue weighted by atomic mass is 10.00. The molecule has 1 aliphatic rings. The Labute approximate surface area is 233 Å². The molecule has 0 bridgehead atoms. The van der Waals surface area contributed by atoms with Gasteiger partial charge in [-0.15, -0.1) is 0 Å². The highest BCUT2D eigenvalue weighted by molar-refractivity contribution is 8.13. The third-order valence-corrected chi connectivity index (χ3v) is 8.51. The third kappa shape index (κ3) is 9.22. The molecule has 17 heteroatoms. The van der Waals surface area contributed by atoms with Gasteiger partial charge in [0.2, 0.25) is 0 Å². The van der Waals surface area contributed by atoms with Crippen LogP contribution in [0.4, 0.5) is 4.39 Å². The zero-order valence-electron chi connectivity index (χ0n) is 22.3. The predicted octanol–water partition coefficient (Wildman–Crippen LogP) is 2.08. The molecule has 13 nitrogen and oxygen atoms in total. The molecule has 39 heavy (non-hydrogen) atoms. The summed E-state index contributed by atoms with van der Waals surface area (Å²) in [5, 5.41) is 9.70. The quantitative estimate of drug-likeness (QED) is 0.135. The number of aliphatic hydroxyl groups excluding tert-OH is 1. The van der Waals surface area contributed by atoms with Gasteiger partial charge < -0.3 is 14.6 Å². The van der Waals surface area contributed by atoms with Gasteiger partial charge in [-0.3, -0.25) is 33.0 Å². The first-order chi connectivity index (χ1) is 17.9. The summed E-state index contributed by atoms with van der Waals surface area (Å²) in [6.07, 6.45) is -5.02. The highest BCUT2D eigenvalue weighted by Gasteiger charge is 2.58. The van der Waals surface area contributed by atoms with Gasteiger partial charge in [0.05, 0.1) is 19.3 Å². The molecule has 0 radical (unpaired) electrons. The van der Waals surface area contributed by atoms with Crippen molar-refractivity contribution in [1.82, 2.24) is 14.6 Å². The highest BCUT2D eigenvalue weighted by atomic mass is 35.5. The Balaban J connectivity index is 2.16. The van der Waals surface area contributed by atoms with Crippen molar-refractivity contribution < 1.29 is 42.2 Å². The molecule has 0 saturated carbocycles. The number of hydrogen-bond acceptors (Lipinski definition) is 11. The number of aromatic nitrogens is 2. The molecule has 0 spiro atoms. The number of ether oxygens (including phenoxy) is 2. The molecular weight excluding hydrogens is 584 g/mol. The van der Waals surface area contributed by atoms with Crippen molar-refractivity contribution in [3.05, 3.63) is 33.1 Å². The zero-order valence-corrected chi connectivity index (χ0v) is 24.8. The topological polar surface area (TPSA) is 175 Å². The van der Waals surface area contributed by atoms with E-state index in [1.807, 2.05) is 4.98 Å². The van der Waals surface area contributed by atoms with Crippen LogP contribution in [0.3, 0.4) is 0 Å². The number of nitrogens with one attached hydrogen (secondary N) is 2. The Morgan fingerprint density at radius 1 is 1.33 bits per heavy atom. The fraction of sp³-hybridized carbons (Fsp3) is 0.727. The number of thioether (sulfide) groups is 1. The molecule has 2 rings (SSSR count). The molecule has 0 aliphatic carbocycles. The van der Waals surface area contributed by atoms with E-state index < -0.39 is 72.7 Å². The van der Waals surface area contributed by atoms with Gasteiger partial charge in [-0.1, -0.05) is 44.1 Å². The number of aliphatic hydroxyl groups is 1. The van der Waals surface area contributed by atoms with Crippen LogP contribution in [0, 0.1) is 5.41 Å². The van der Waals surface area contributed by atoms with Crippen LogP contribution in [-0.2, 0) is 32.7 Å². The average Bonchev–Trinajstić information content (AvgIpc) is 3.03. The van der Waals surface area contributed by atoms with Crippen LogP contribution in [0.2, 0.25) is 0 Å². The molecule has 2 heterocycles. The van der Waals surface area contributed by atoms with E-state index in [1.165, 1.54) is 6.92 Å². The number of hydrogen-bond donors (Lipinski definition) is 3. The van der Waals surface area contributed by atoms with Gasteiger partial charge in [-0.05, 0) is 20.8 Å². The van der Waals surface area contributed by atoms with Crippen LogP contribution in [0.1, 0.15) is 47.8 Å². The zero-order chi connectivity index (χ0) is 29.8. The summed E-state index contributed by atoms with van der Waals surface area (Å²) < 4.78 is 50.6. The fourth-order valence-corrected chi connectivity index (χ4v) is 5.82. The molecule has 1 saturated heterocycles. The van der Waals surface area contributed by atoms with E-state index in [4.69, 9.17) is 30.1 Å². The Morgan fingerprint density at radius 3 is 2.54 bits per heavy atom. The second-order valence-corrected chi connectivity index (χ2v) is 13.4. The van der Waals surface area contributed by atoms with Crippen LogP contribution in [0.15, 0.2) is 21.9 Å². The first-order valence-corrected chi connectivity index (χ1v) is 14.9. The number of aromatic amines is 1. The molecule has 222 valence electrons. The number of nitrogens with zero attached hydrogens (tertiary/aromatic N) is 1. The maximum absolute atomic E-state index is 15.2. The third-order valence-electron chi connectivity index (χ3n) is 5.14. The second-order valence-electron chi connectivity index (χ2n) is 10.0. The Morgan fingerprint density at radius 2 is 1.97 bits per heavy atom. The highest BCUT2D eigenvalue weighted by Crippen LogP contribution is 2.48. The summed E-state index contributed by atoms with van der Waals surface area (Å²) in [7, 11) is -4.35. The smallest absolute Gasteiger partial charge is 0.406 e. The Hall–Kier alpha value is -1.58. The summed E-state index contributed by atoms with van der Waals surface area (Å²) in [5.41, 5.74) is -2.40. The van der Waals surface area contributed by atoms with E-state index in [0.29, 0.717) is 4.57 Å². The molecule has 1 aliphatic heterocycles. The van der Waals surface area contributed by atoms with Crippen molar-refractivity contribution in [2.75, 3.05) is 19.0 Å². The van der Waals surface area contributed by atoms with Gasteiger partial charge in [0, 0.05) is 23.4 Å². The molecule has 1 fully saturated rings. The summed E-state index contributed by atoms with van der Waals surface area (Å²) in [4.78, 5) is 49.8. The van der Waals surface area contributed by atoms with Crippen LogP contribution in [0.5, 0.6) is 0 Å². The molecule has 3 N–H and O–H groups in total. The van der Waals surface area contributed by atoms with Crippen molar-refractivity contribution >= 4 is 42.2 Å². The summed E-state index contributed by atoms with van der Waals surface area (Å²) in [6, 6.07) is -0.239. The molecule has 6 atom stereocenters. The molecule has 1 aromatic heterocycles. The molecule has 0 unspecified atom stereocenters. The van der Waals surface area contributed by atoms with Crippen molar-refractivity contribution in [2.45, 2.75) is 77.3 Å². The van der Waals surface area contributed by atoms with Gasteiger partial charge in [0.25, 0.3) is 10.7 Å². The number of carbonyl (C=O) groups is 2. The van der Waals surface area contributed by atoms with Gasteiger partial charge in [-0.25, -0.2) is 18.8 Å². The number of alkyl halides is 2. The predicted molar refractivity (Wildman–Crippen MR) is 141 cm³/mol. The number of halogens is 2.